The molecule has 3 nitrogen and oxygen atoms in total. The van der Waals surface area contributed by atoms with E-state index in [1.54, 1.807) is 12.1 Å². The molecule has 0 unspecified atom stereocenters. The Balaban J connectivity index is 2.09. The highest BCUT2D eigenvalue weighted by molar-refractivity contribution is 5.82. The molecule has 0 saturated carbocycles. The Kier molecular flexibility index (Phi) is 3.24. The van der Waals surface area contributed by atoms with Crippen LogP contribution in [-0.4, -0.2) is 9.78 Å². The molecule has 3 aromatic rings. The number of halogens is 1. The summed E-state index contributed by atoms with van der Waals surface area (Å²) in [7, 11) is 0. The lowest BCUT2D eigenvalue weighted by Crippen LogP contribution is -2.05. The second-order valence-corrected chi connectivity index (χ2v) is 4.90. The molecule has 4 heteroatoms. The number of nitrogens with two attached hydrogens (primary N) is 1. The largest absolute Gasteiger partial charge is 0.325 e. The van der Waals surface area contributed by atoms with Gasteiger partial charge >= 0.3 is 0 Å². The first-order valence-corrected chi connectivity index (χ1v) is 6.58. The quantitative estimate of drug-likeness (QED) is 0.794. The molecule has 0 spiro atoms. The number of benzene rings is 2. The average Bonchev–Trinajstić information content (AvgIpc) is 2.81. The van der Waals surface area contributed by atoms with E-state index in [1.165, 1.54) is 6.07 Å². The second kappa shape index (κ2) is 5.06. The number of fused-ring (bicyclic) bond motifs is 1. The molecule has 102 valence electrons. The van der Waals surface area contributed by atoms with Gasteiger partial charge in [-0.1, -0.05) is 24.3 Å². The van der Waals surface area contributed by atoms with Crippen LogP contribution in [0.5, 0.6) is 0 Å². The smallest absolute Gasteiger partial charge is 0.123 e. The maximum Gasteiger partial charge on any atom is 0.123 e. The highest BCUT2D eigenvalue weighted by Gasteiger charge is 2.10. The average molecular weight is 269 g/mol. The van der Waals surface area contributed by atoms with Crippen LogP contribution in [0, 0.1) is 12.7 Å². The van der Waals surface area contributed by atoms with Crippen molar-refractivity contribution < 1.29 is 4.39 Å². The number of nitrogens with zero attached hydrogens (tertiary/aromatic N) is 2. The molecule has 0 fully saturated rings. The Morgan fingerprint density at radius 3 is 2.80 bits per heavy atom. The fourth-order valence-corrected chi connectivity index (χ4v) is 2.44. The summed E-state index contributed by atoms with van der Waals surface area (Å²) in [5.41, 5.74) is 9.62. The molecular weight excluding hydrogens is 253 g/mol. The molecule has 2 aromatic carbocycles. The van der Waals surface area contributed by atoms with Gasteiger partial charge in [-0.25, -0.2) is 4.39 Å². The number of hydrogen-bond donors (Lipinski definition) is 1. The van der Waals surface area contributed by atoms with Gasteiger partial charge in [0.15, 0.2) is 0 Å². The summed E-state index contributed by atoms with van der Waals surface area (Å²) in [6.07, 6.45) is 0. The van der Waals surface area contributed by atoms with Crippen LogP contribution in [-0.2, 0) is 13.1 Å². The van der Waals surface area contributed by atoms with E-state index in [0.29, 0.717) is 13.1 Å². The third-order valence-electron chi connectivity index (χ3n) is 3.56. The predicted octanol–water partition coefficient (Wildman–Crippen LogP) is 2.99. The van der Waals surface area contributed by atoms with Gasteiger partial charge in [0, 0.05) is 11.9 Å². The van der Waals surface area contributed by atoms with Crippen molar-refractivity contribution in [1.82, 2.24) is 9.78 Å². The van der Waals surface area contributed by atoms with E-state index in [0.717, 1.165) is 27.7 Å². The van der Waals surface area contributed by atoms with Crippen molar-refractivity contribution in [3.8, 4) is 0 Å². The lowest BCUT2D eigenvalue weighted by molar-refractivity contribution is 0.619. The maximum absolute atomic E-state index is 13.4. The zero-order chi connectivity index (χ0) is 14.1. The van der Waals surface area contributed by atoms with Crippen LogP contribution in [0.4, 0.5) is 4.39 Å². The first-order valence-electron chi connectivity index (χ1n) is 6.58. The van der Waals surface area contributed by atoms with Gasteiger partial charge in [0.2, 0.25) is 0 Å². The van der Waals surface area contributed by atoms with E-state index in [1.807, 2.05) is 35.9 Å². The highest BCUT2D eigenvalue weighted by atomic mass is 19.1. The van der Waals surface area contributed by atoms with Crippen LogP contribution >= 0.6 is 0 Å². The lowest BCUT2D eigenvalue weighted by atomic mass is 10.1. The monoisotopic (exact) mass is 269 g/mol. The van der Waals surface area contributed by atoms with Crippen LogP contribution in [0.25, 0.3) is 10.9 Å². The van der Waals surface area contributed by atoms with E-state index in [9.17, 15) is 4.39 Å². The minimum absolute atomic E-state index is 0.221. The van der Waals surface area contributed by atoms with E-state index >= 15 is 0 Å². The first kappa shape index (κ1) is 12.8. The fraction of sp³-hybridized carbons (Fsp3) is 0.188. The van der Waals surface area contributed by atoms with Crippen LogP contribution < -0.4 is 5.73 Å². The molecule has 0 saturated heterocycles. The number of aromatic nitrogens is 2. The molecule has 0 aliphatic carbocycles. The van der Waals surface area contributed by atoms with E-state index < -0.39 is 0 Å². The summed E-state index contributed by atoms with van der Waals surface area (Å²) in [6, 6.07) is 12.8. The second-order valence-electron chi connectivity index (χ2n) is 4.90. The van der Waals surface area contributed by atoms with Gasteiger partial charge < -0.3 is 5.73 Å². The highest BCUT2D eigenvalue weighted by Crippen LogP contribution is 2.20. The lowest BCUT2D eigenvalue weighted by Gasteiger charge is -2.07. The van der Waals surface area contributed by atoms with Gasteiger partial charge in [0.1, 0.15) is 5.82 Å². The van der Waals surface area contributed by atoms with Crippen molar-refractivity contribution in [3.05, 3.63) is 65.1 Å². The van der Waals surface area contributed by atoms with E-state index in [4.69, 9.17) is 5.73 Å². The molecule has 0 amide bonds. The molecule has 0 atom stereocenters. The topological polar surface area (TPSA) is 43.8 Å². The Morgan fingerprint density at radius 1 is 1.20 bits per heavy atom. The Bertz CT molecular complexity index is 762. The van der Waals surface area contributed by atoms with Crippen molar-refractivity contribution in [2.45, 2.75) is 20.0 Å². The molecule has 20 heavy (non-hydrogen) atoms. The molecular formula is C16H16FN3. The Hall–Kier alpha value is -2.20. The van der Waals surface area contributed by atoms with Crippen molar-refractivity contribution in [2.75, 3.05) is 0 Å². The molecule has 1 aromatic heterocycles. The maximum atomic E-state index is 13.4. The van der Waals surface area contributed by atoms with Gasteiger partial charge in [-0.2, -0.15) is 5.10 Å². The van der Waals surface area contributed by atoms with Gasteiger partial charge in [0.25, 0.3) is 0 Å². The summed E-state index contributed by atoms with van der Waals surface area (Å²) in [4.78, 5) is 0. The van der Waals surface area contributed by atoms with Crippen molar-refractivity contribution in [3.63, 3.8) is 0 Å². The number of aryl methyl sites for hydroxylation is 1. The molecule has 1 heterocycles. The van der Waals surface area contributed by atoms with E-state index in [-0.39, 0.29) is 5.82 Å². The third kappa shape index (κ3) is 2.18. The van der Waals surface area contributed by atoms with Crippen molar-refractivity contribution in [1.29, 1.82) is 0 Å². The zero-order valence-corrected chi connectivity index (χ0v) is 11.3. The van der Waals surface area contributed by atoms with Crippen LogP contribution in [0.2, 0.25) is 0 Å². The summed E-state index contributed by atoms with van der Waals surface area (Å²) in [6.45, 7) is 2.92. The summed E-state index contributed by atoms with van der Waals surface area (Å²) >= 11 is 0. The normalized spacial score (nSPS) is 11.2. The van der Waals surface area contributed by atoms with E-state index in [2.05, 4.69) is 5.10 Å². The SMILES string of the molecule is Cc1ccc(F)cc1Cn1nc(CN)c2ccccc21. The minimum atomic E-state index is -0.221. The van der Waals surface area contributed by atoms with Crippen LogP contribution in [0.1, 0.15) is 16.8 Å². The molecule has 0 bridgehead atoms. The van der Waals surface area contributed by atoms with Gasteiger partial charge in [-0.15, -0.1) is 0 Å². The number of para-hydroxylation sites is 1. The molecule has 2 N–H and O–H groups in total. The summed E-state index contributed by atoms with van der Waals surface area (Å²) in [5.74, 6) is -0.221. The van der Waals surface area contributed by atoms with Gasteiger partial charge in [-0.3, -0.25) is 4.68 Å². The van der Waals surface area contributed by atoms with Gasteiger partial charge in [0.05, 0.1) is 17.8 Å². The Morgan fingerprint density at radius 2 is 2.00 bits per heavy atom. The zero-order valence-electron chi connectivity index (χ0n) is 11.3. The summed E-state index contributed by atoms with van der Waals surface area (Å²) in [5, 5.41) is 5.60. The first-order chi connectivity index (χ1) is 9.69. The van der Waals surface area contributed by atoms with Crippen LogP contribution in [0.15, 0.2) is 42.5 Å². The number of rotatable bonds is 3. The van der Waals surface area contributed by atoms with Gasteiger partial charge in [-0.05, 0) is 36.2 Å². The predicted molar refractivity (Wildman–Crippen MR) is 77.9 cm³/mol. The Labute approximate surface area is 116 Å². The summed E-state index contributed by atoms with van der Waals surface area (Å²) < 4.78 is 15.3. The molecule has 3 rings (SSSR count). The van der Waals surface area contributed by atoms with Crippen molar-refractivity contribution >= 4 is 10.9 Å². The fourth-order valence-electron chi connectivity index (χ4n) is 2.44. The molecule has 0 radical (unpaired) electrons. The standard InChI is InChI=1S/C16H16FN3/c1-11-6-7-13(17)8-12(11)10-20-16-5-3-2-4-14(16)15(9-18)19-20/h2-8H,9-10,18H2,1H3. The minimum Gasteiger partial charge on any atom is -0.325 e. The van der Waals surface area contributed by atoms with Crippen LogP contribution in [0.3, 0.4) is 0 Å². The van der Waals surface area contributed by atoms with Crippen molar-refractivity contribution in [2.24, 2.45) is 5.73 Å². The number of hydrogen-bond acceptors (Lipinski definition) is 2. The molecule has 0 aliphatic heterocycles. The molecule has 0 aliphatic rings. The third-order valence-corrected chi connectivity index (χ3v) is 3.56.